The molecule has 0 fully saturated rings. The topological polar surface area (TPSA) is 103 Å². The third kappa shape index (κ3) is 8.92. The molecule has 8 heteroatoms. The van der Waals surface area contributed by atoms with Gasteiger partial charge in [0.15, 0.2) is 0 Å². The zero-order valence-corrected chi connectivity index (χ0v) is 20.5. The van der Waals surface area contributed by atoms with Gasteiger partial charge >= 0.3 is 12.2 Å². The van der Waals surface area contributed by atoms with E-state index in [0.717, 1.165) is 5.56 Å². The zero-order chi connectivity index (χ0) is 24.8. The fraction of sp³-hybridized carbons (Fsp3) is 0.440. The number of anilines is 3. The number of hydrogen-bond donors (Lipinski definition) is 2. The molecule has 0 radical (unpaired) electrons. The Balaban J connectivity index is 1.92. The van der Waals surface area contributed by atoms with Crippen LogP contribution in [0, 0.1) is 0 Å². The molecule has 0 saturated heterocycles. The van der Waals surface area contributed by atoms with Gasteiger partial charge in [-0.3, -0.25) is 10.2 Å². The molecule has 0 unspecified atom stereocenters. The molecule has 2 aromatic rings. The van der Waals surface area contributed by atoms with E-state index in [1.165, 1.54) is 4.90 Å². The highest BCUT2D eigenvalue weighted by Gasteiger charge is 2.22. The van der Waals surface area contributed by atoms with Crippen LogP contribution < -0.4 is 20.7 Å². The molecule has 0 spiro atoms. The molecule has 0 aliphatic heterocycles. The minimum absolute atomic E-state index is 0.429. The maximum absolute atomic E-state index is 12.4. The second kappa shape index (κ2) is 10.5. The van der Waals surface area contributed by atoms with Gasteiger partial charge in [-0.1, -0.05) is 12.1 Å². The lowest BCUT2D eigenvalue weighted by atomic mass is 10.1. The predicted molar refractivity (Wildman–Crippen MR) is 131 cm³/mol. The van der Waals surface area contributed by atoms with Gasteiger partial charge in [0.1, 0.15) is 17.0 Å². The summed E-state index contributed by atoms with van der Waals surface area (Å²) in [5.41, 5.74) is 7.56. The van der Waals surface area contributed by atoms with Crippen LogP contribution in [-0.2, 0) is 15.9 Å². The summed E-state index contributed by atoms with van der Waals surface area (Å²) in [6.45, 7) is 11.3. The summed E-state index contributed by atoms with van der Waals surface area (Å²) in [7, 11) is 1.61. The first-order chi connectivity index (χ1) is 15.2. The summed E-state index contributed by atoms with van der Waals surface area (Å²) < 4.78 is 16.5. The van der Waals surface area contributed by atoms with Crippen molar-refractivity contribution in [1.29, 1.82) is 0 Å². The van der Waals surface area contributed by atoms with Gasteiger partial charge in [0.05, 0.1) is 18.0 Å². The summed E-state index contributed by atoms with van der Waals surface area (Å²) >= 11 is 0. The number of nitrogen functional groups attached to an aromatic ring is 1. The number of carbonyl (C=O) groups excluding carboxylic acids is 2. The van der Waals surface area contributed by atoms with Crippen molar-refractivity contribution in [3.8, 4) is 5.75 Å². The van der Waals surface area contributed by atoms with Crippen molar-refractivity contribution in [2.45, 2.75) is 59.2 Å². The van der Waals surface area contributed by atoms with E-state index < -0.39 is 23.4 Å². The summed E-state index contributed by atoms with van der Waals surface area (Å²) in [5.74, 6) is 0.595. The number of rotatable bonds is 6. The molecule has 0 aliphatic rings. The molecule has 2 rings (SSSR count). The Morgan fingerprint density at radius 1 is 0.939 bits per heavy atom. The van der Waals surface area contributed by atoms with E-state index in [2.05, 4.69) is 5.32 Å². The van der Waals surface area contributed by atoms with Gasteiger partial charge in [-0.2, -0.15) is 0 Å². The van der Waals surface area contributed by atoms with Crippen LogP contribution in [0.3, 0.4) is 0 Å². The molecule has 2 aromatic carbocycles. The molecule has 0 heterocycles. The summed E-state index contributed by atoms with van der Waals surface area (Å²) in [5, 5.41) is 2.71. The van der Waals surface area contributed by atoms with E-state index in [-0.39, 0.29) is 0 Å². The maximum Gasteiger partial charge on any atom is 0.414 e. The molecule has 0 aromatic heterocycles. The molecule has 0 atom stereocenters. The number of nitrogens with zero attached hydrogens (tertiary/aromatic N) is 1. The van der Waals surface area contributed by atoms with Crippen LogP contribution in [0.25, 0.3) is 0 Å². The van der Waals surface area contributed by atoms with Gasteiger partial charge in [-0.15, -0.1) is 0 Å². The summed E-state index contributed by atoms with van der Waals surface area (Å²) in [6, 6.07) is 12.6. The first-order valence-corrected chi connectivity index (χ1v) is 10.8. The van der Waals surface area contributed by atoms with Crippen LogP contribution in [0.4, 0.5) is 26.7 Å². The van der Waals surface area contributed by atoms with E-state index in [4.69, 9.17) is 19.9 Å². The molecule has 33 heavy (non-hydrogen) atoms. The molecule has 0 aliphatic carbocycles. The fourth-order valence-corrected chi connectivity index (χ4v) is 2.80. The van der Waals surface area contributed by atoms with Crippen LogP contribution in [0.2, 0.25) is 0 Å². The first-order valence-electron chi connectivity index (χ1n) is 10.8. The van der Waals surface area contributed by atoms with Gasteiger partial charge in [-0.05, 0) is 71.4 Å². The number of nitrogens with one attached hydrogen (secondary N) is 1. The molecule has 180 valence electrons. The van der Waals surface area contributed by atoms with Crippen LogP contribution in [-0.4, -0.2) is 37.0 Å². The number of nitrogens with two attached hydrogens (primary N) is 1. The monoisotopic (exact) mass is 457 g/mol. The average Bonchev–Trinajstić information content (AvgIpc) is 2.67. The zero-order valence-electron chi connectivity index (χ0n) is 20.5. The van der Waals surface area contributed by atoms with E-state index in [9.17, 15) is 9.59 Å². The molecular weight excluding hydrogens is 422 g/mol. The second-order valence-corrected chi connectivity index (χ2v) is 9.68. The smallest absolute Gasteiger partial charge is 0.414 e. The van der Waals surface area contributed by atoms with E-state index in [0.29, 0.717) is 35.8 Å². The molecule has 8 nitrogen and oxygen atoms in total. The minimum Gasteiger partial charge on any atom is -0.493 e. The SMILES string of the molecule is CN(C(=O)OC(C)(C)C)c1cc(OCCc2ccc(NC(=O)OC(C)(C)C)cc2)ccc1N. The van der Waals surface area contributed by atoms with Gasteiger partial charge in [0.2, 0.25) is 0 Å². The molecule has 0 bridgehead atoms. The van der Waals surface area contributed by atoms with Crippen molar-refractivity contribution in [1.82, 2.24) is 0 Å². The van der Waals surface area contributed by atoms with Gasteiger partial charge < -0.3 is 19.9 Å². The number of ether oxygens (including phenoxy) is 3. The number of hydrogen-bond acceptors (Lipinski definition) is 6. The van der Waals surface area contributed by atoms with Crippen molar-refractivity contribution in [2.24, 2.45) is 0 Å². The lowest BCUT2D eigenvalue weighted by Crippen LogP contribution is -2.34. The standard InChI is InChI=1S/C25H35N3O5/c1-24(2,3)32-22(29)27-18-10-8-17(9-11-18)14-15-31-19-12-13-20(26)21(16-19)28(7)23(30)33-25(4,5)6/h8-13,16H,14-15,26H2,1-7H3,(H,27,29). The van der Waals surface area contributed by atoms with Gasteiger partial charge in [-0.25, -0.2) is 9.59 Å². The summed E-state index contributed by atoms with van der Waals surface area (Å²) in [6.07, 6.45) is -0.325. The van der Waals surface area contributed by atoms with Crippen molar-refractivity contribution < 1.29 is 23.8 Å². The van der Waals surface area contributed by atoms with E-state index in [1.807, 2.05) is 65.8 Å². The number of carbonyl (C=O) groups is 2. The maximum atomic E-state index is 12.4. The Kier molecular flexibility index (Phi) is 8.19. The van der Waals surface area contributed by atoms with Crippen molar-refractivity contribution >= 4 is 29.2 Å². The van der Waals surface area contributed by atoms with Crippen LogP contribution in [0.5, 0.6) is 5.75 Å². The third-order valence-electron chi connectivity index (χ3n) is 4.29. The Labute approximate surface area is 196 Å². The van der Waals surface area contributed by atoms with Crippen molar-refractivity contribution in [3.05, 3.63) is 48.0 Å². The normalized spacial score (nSPS) is 11.5. The van der Waals surface area contributed by atoms with E-state index >= 15 is 0 Å². The summed E-state index contributed by atoms with van der Waals surface area (Å²) in [4.78, 5) is 25.6. The Hall–Kier alpha value is -3.42. The number of benzene rings is 2. The Morgan fingerprint density at radius 3 is 2.12 bits per heavy atom. The van der Waals surface area contributed by atoms with Crippen molar-refractivity contribution in [3.63, 3.8) is 0 Å². The largest absolute Gasteiger partial charge is 0.493 e. The minimum atomic E-state index is -0.605. The molecular formula is C25H35N3O5. The quantitative estimate of drug-likeness (QED) is 0.547. The number of amides is 2. The second-order valence-electron chi connectivity index (χ2n) is 9.68. The highest BCUT2D eigenvalue weighted by Crippen LogP contribution is 2.29. The molecule has 2 amide bonds. The first kappa shape index (κ1) is 25.8. The van der Waals surface area contributed by atoms with Crippen LogP contribution in [0.15, 0.2) is 42.5 Å². The average molecular weight is 458 g/mol. The third-order valence-corrected chi connectivity index (χ3v) is 4.29. The highest BCUT2D eigenvalue weighted by molar-refractivity contribution is 5.91. The van der Waals surface area contributed by atoms with Crippen molar-refractivity contribution in [2.75, 3.05) is 29.6 Å². The lowest BCUT2D eigenvalue weighted by molar-refractivity contribution is 0.0587. The predicted octanol–water partition coefficient (Wildman–Crippen LogP) is 5.61. The fourth-order valence-electron chi connectivity index (χ4n) is 2.80. The molecule has 0 saturated carbocycles. The lowest BCUT2D eigenvalue weighted by Gasteiger charge is -2.25. The van der Waals surface area contributed by atoms with Gasteiger partial charge in [0, 0.05) is 25.2 Å². The highest BCUT2D eigenvalue weighted by atomic mass is 16.6. The van der Waals surface area contributed by atoms with E-state index in [1.54, 1.807) is 25.2 Å². The van der Waals surface area contributed by atoms with Crippen LogP contribution >= 0.6 is 0 Å². The van der Waals surface area contributed by atoms with Gasteiger partial charge in [0.25, 0.3) is 0 Å². The van der Waals surface area contributed by atoms with Crippen LogP contribution in [0.1, 0.15) is 47.1 Å². The Morgan fingerprint density at radius 2 is 1.55 bits per heavy atom. The molecule has 3 N–H and O–H groups in total. The Bertz CT molecular complexity index is 959.